The topological polar surface area (TPSA) is 59.4 Å². The first-order valence-corrected chi connectivity index (χ1v) is 6.62. The summed E-state index contributed by atoms with van der Waals surface area (Å²) in [5.74, 6) is -0.456. The Balaban J connectivity index is 2.16. The molecule has 0 saturated carbocycles. The molecule has 1 heterocycles. The molecule has 1 aromatic heterocycles. The van der Waals surface area contributed by atoms with E-state index in [4.69, 9.17) is 21.4 Å². The number of aromatic nitrogens is 1. The van der Waals surface area contributed by atoms with Gasteiger partial charge in [-0.3, -0.25) is 0 Å². The number of halogens is 1. The molecule has 0 atom stereocenters. The lowest BCUT2D eigenvalue weighted by atomic mass is 10.2. The number of aliphatic carboxylic acids is 1. The van der Waals surface area contributed by atoms with E-state index in [9.17, 15) is 4.79 Å². The Kier molecular flexibility index (Phi) is 4.54. The Morgan fingerprint density at radius 2 is 2.37 bits per heavy atom. The van der Waals surface area contributed by atoms with Gasteiger partial charge < -0.3 is 9.84 Å². The molecule has 1 N–H and O–H groups in total. The highest BCUT2D eigenvalue weighted by Gasteiger charge is 2.04. The minimum absolute atomic E-state index is 0.340. The van der Waals surface area contributed by atoms with Gasteiger partial charge in [-0.1, -0.05) is 11.6 Å². The molecule has 0 radical (unpaired) electrons. The Hall–Kier alpha value is -1.85. The molecule has 2 aromatic rings. The first-order chi connectivity index (χ1) is 9.15. The van der Waals surface area contributed by atoms with Gasteiger partial charge in [0.2, 0.25) is 0 Å². The summed E-state index contributed by atoms with van der Waals surface area (Å²) in [5.41, 5.74) is 0.617. The van der Waals surface area contributed by atoms with E-state index in [1.165, 1.54) is 17.4 Å². The summed E-state index contributed by atoms with van der Waals surface area (Å²) in [6.07, 6.45) is 4.20. The van der Waals surface area contributed by atoms with Crippen LogP contribution < -0.4 is 4.74 Å². The fourth-order valence-corrected chi connectivity index (χ4v) is 2.11. The maximum absolute atomic E-state index is 10.5. The number of hydrogen-bond acceptors (Lipinski definition) is 4. The van der Waals surface area contributed by atoms with Crippen molar-refractivity contribution < 1.29 is 14.6 Å². The number of benzene rings is 1. The second-order valence-corrected chi connectivity index (χ2v) is 4.98. The van der Waals surface area contributed by atoms with Crippen LogP contribution in [0.2, 0.25) is 5.02 Å². The average molecular weight is 296 g/mol. The Morgan fingerprint density at radius 3 is 3.05 bits per heavy atom. The molecule has 0 bridgehead atoms. The summed E-state index contributed by atoms with van der Waals surface area (Å²) in [5, 5.41) is 11.9. The van der Waals surface area contributed by atoms with Gasteiger partial charge in [0, 0.05) is 28.2 Å². The number of ether oxygens (including phenoxy) is 1. The van der Waals surface area contributed by atoms with Crippen LogP contribution in [0.3, 0.4) is 0 Å². The first-order valence-electron chi connectivity index (χ1n) is 5.37. The van der Waals surface area contributed by atoms with E-state index in [2.05, 4.69) is 4.98 Å². The number of rotatable bonds is 5. The smallest absolute Gasteiger partial charge is 0.328 e. The lowest BCUT2D eigenvalue weighted by Gasteiger charge is -2.08. The van der Waals surface area contributed by atoms with E-state index < -0.39 is 5.97 Å². The van der Waals surface area contributed by atoms with Gasteiger partial charge in [0.1, 0.15) is 17.4 Å². The monoisotopic (exact) mass is 295 g/mol. The van der Waals surface area contributed by atoms with Crippen LogP contribution in [-0.4, -0.2) is 16.1 Å². The van der Waals surface area contributed by atoms with E-state index in [-0.39, 0.29) is 0 Å². The van der Waals surface area contributed by atoms with Crippen molar-refractivity contribution in [2.24, 2.45) is 0 Å². The minimum atomic E-state index is -1.02. The number of thiazole rings is 1. The van der Waals surface area contributed by atoms with Crippen LogP contribution in [0.15, 0.2) is 35.9 Å². The normalized spacial score (nSPS) is 10.8. The van der Waals surface area contributed by atoms with Crippen LogP contribution in [-0.2, 0) is 11.4 Å². The van der Waals surface area contributed by atoms with Gasteiger partial charge in [0.05, 0.1) is 0 Å². The van der Waals surface area contributed by atoms with Crippen molar-refractivity contribution in [1.29, 1.82) is 0 Å². The second kappa shape index (κ2) is 6.36. The van der Waals surface area contributed by atoms with Crippen molar-refractivity contribution in [2.75, 3.05) is 0 Å². The van der Waals surface area contributed by atoms with Gasteiger partial charge >= 0.3 is 5.97 Å². The molecule has 0 spiro atoms. The van der Waals surface area contributed by atoms with Crippen molar-refractivity contribution in [3.63, 3.8) is 0 Å². The number of carboxylic acids is 1. The van der Waals surface area contributed by atoms with Crippen LogP contribution in [0, 0.1) is 0 Å². The summed E-state index contributed by atoms with van der Waals surface area (Å²) in [6.45, 7) is 0.340. The molecule has 0 aliphatic carbocycles. The van der Waals surface area contributed by atoms with E-state index >= 15 is 0 Å². The molecule has 0 amide bonds. The molecule has 0 aliphatic rings. The van der Waals surface area contributed by atoms with Crippen LogP contribution in [0.4, 0.5) is 0 Å². The largest absolute Gasteiger partial charge is 0.486 e. The van der Waals surface area contributed by atoms with Gasteiger partial charge in [0.25, 0.3) is 0 Å². The Bertz CT molecular complexity index is 596. The van der Waals surface area contributed by atoms with E-state index in [0.29, 0.717) is 22.9 Å². The third-order valence-electron chi connectivity index (χ3n) is 2.21. The van der Waals surface area contributed by atoms with Gasteiger partial charge in [-0.15, -0.1) is 11.3 Å². The summed E-state index contributed by atoms with van der Waals surface area (Å²) >= 11 is 7.38. The van der Waals surface area contributed by atoms with E-state index in [0.717, 1.165) is 11.1 Å². The quantitative estimate of drug-likeness (QED) is 0.858. The molecule has 6 heteroatoms. The second-order valence-electron chi connectivity index (χ2n) is 3.57. The van der Waals surface area contributed by atoms with Crippen LogP contribution >= 0.6 is 22.9 Å². The molecule has 4 nitrogen and oxygen atoms in total. The van der Waals surface area contributed by atoms with Crippen LogP contribution in [0.1, 0.15) is 10.6 Å². The lowest BCUT2D eigenvalue weighted by Crippen LogP contribution is -1.96. The zero-order valence-corrected chi connectivity index (χ0v) is 11.3. The van der Waals surface area contributed by atoms with Crippen molar-refractivity contribution >= 4 is 35.0 Å². The van der Waals surface area contributed by atoms with Crippen molar-refractivity contribution in [3.8, 4) is 5.75 Å². The van der Waals surface area contributed by atoms with Crippen molar-refractivity contribution in [3.05, 3.63) is 51.4 Å². The predicted molar refractivity (Wildman–Crippen MR) is 74.6 cm³/mol. The molecule has 0 saturated heterocycles. The van der Waals surface area contributed by atoms with Crippen LogP contribution in [0.5, 0.6) is 5.75 Å². The van der Waals surface area contributed by atoms with Gasteiger partial charge in [0.15, 0.2) is 0 Å². The molecule has 2 rings (SSSR count). The highest BCUT2D eigenvalue weighted by molar-refractivity contribution is 7.09. The van der Waals surface area contributed by atoms with E-state index in [1.54, 1.807) is 24.4 Å². The van der Waals surface area contributed by atoms with E-state index in [1.807, 2.05) is 5.38 Å². The fraction of sp³-hybridized carbons (Fsp3) is 0.0769. The van der Waals surface area contributed by atoms with Gasteiger partial charge in [-0.05, 0) is 24.3 Å². The summed E-state index contributed by atoms with van der Waals surface area (Å²) < 4.78 is 5.61. The molecular weight excluding hydrogens is 286 g/mol. The van der Waals surface area contributed by atoms with Gasteiger partial charge in [-0.25, -0.2) is 9.78 Å². The summed E-state index contributed by atoms with van der Waals surface area (Å²) in [6, 6.07) is 5.05. The highest BCUT2D eigenvalue weighted by Crippen LogP contribution is 2.25. The summed E-state index contributed by atoms with van der Waals surface area (Å²) in [7, 11) is 0. The minimum Gasteiger partial charge on any atom is -0.486 e. The zero-order valence-electron chi connectivity index (χ0n) is 9.75. The Labute approximate surface area is 118 Å². The van der Waals surface area contributed by atoms with Crippen LogP contribution in [0.25, 0.3) is 6.08 Å². The highest BCUT2D eigenvalue weighted by atomic mass is 35.5. The molecule has 98 valence electrons. The zero-order chi connectivity index (χ0) is 13.7. The molecule has 0 aliphatic heterocycles. The molecular formula is C13H10ClNO3S. The molecule has 1 aromatic carbocycles. The van der Waals surface area contributed by atoms with Crippen molar-refractivity contribution in [2.45, 2.75) is 6.61 Å². The predicted octanol–water partition coefficient (Wildman–Crippen LogP) is 3.47. The number of hydrogen-bond donors (Lipinski definition) is 1. The number of carbonyl (C=O) groups is 1. The third kappa shape index (κ3) is 4.08. The average Bonchev–Trinajstić information content (AvgIpc) is 2.88. The summed E-state index contributed by atoms with van der Waals surface area (Å²) in [4.78, 5) is 14.7. The molecule has 19 heavy (non-hydrogen) atoms. The molecule has 0 unspecified atom stereocenters. The third-order valence-corrected chi connectivity index (χ3v) is 3.20. The molecule has 0 fully saturated rings. The number of nitrogens with zero attached hydrogens (tertiary/aromatic N) is 1. The standard InChI is InChI=1S/C13H10ClNO3S/c14-10-2-3-11(9(7-10)1-4-13(16)17)18-8-12-15-5-6-19-12/h1-7H,8H2,(H,16,17). The Morgan fingerprint density at radius 1 is 1.53 bits per heavy atom. The van der Waals surface area contributed by atoms with Gasteiger partial charge in [-0.2, -0.15) is 0 Å². The maximum atomic E-state index is 10.5. The SMILES string of the molecule is O=C(O)C=Cc1cc(Cl)ccc1OCc1nccs1. The fourth-order valence-electron chi connectivity index (χ4n) is 1.41. The lowest BCUT2D eigenvalue weighted by molar-refractivity contribution is -0.131. The number of carboxylic acid groups (broad SMARTS) is 1. The first kappa shape index (κ1) is 13.6. The maximum Gasteiger partial charge on any atom is 0.328 e. The van der Waals surface area contributed by atoms with Crippen molar-refractivity contribution in [1.82, 2.24) is 4.98 Å².